The van der Waals surface area contributed by atoms with Gasteiger partial charge >= 0.3 is 0 Å². The molecule has 0 saturated carbocycles. The fourth-order valence-electron chi connectivity index (χ4n) is 1.85. The van der Waals surface area contributed by atoms with E-state index in [1.165, 1.54) is 12.8 Å². The Hall–Kier alpha value is -0.510. The number of hydrogen-bond acceptors (Lipinski definition) is 2. The molecule has 2 unspecified atom stereocenters. The third-order valence-electron chi connectivity index (χ3n) is 2.77. The monoisotopic (exact) mass is 230 g/mol. The molecule has 1 saturated heterocycles. The van der Waals surface area contributed by atoms with E-state index in [2.05, 4.69) is 23.3 Å². The molecular formula is C11H19ClN2O. The van der Waals surface area contributed by atoms with Crippen LogP contribution in [0.25, 0.3) is 0 Å². The number of aromatic amines is 1. The summed E-state index contributed by atoms with van der Waals surface area (Å²) >= 11 is 0. The Kier molecular flexibility index (Phi) is 5.15. The molecule has 4 heteroatoms. The molecule has 1 aromatic heterocycles. The average Bonchev–Trinajstić information content (AvgIpc) is 2.87. The Balaban J connectivity index is 0.00000112. The van der Waals surface area contributed by atoms with Crippen LogP contribution in [0.3, 0.4) is 0 Å². The van der Waals surface area contributed by atoms with Gasteiger partial charge < -0.3 is 15.0 Å². The lowest BCUT2D eigenvalue weighted by molar-refractivity contribution is 0.0502. The minimum Gasteiger partial charge on any atom is -0.371 e. The highest BCUT2D eigenvalue weighted by atomic mass is 35.5. The van der Waals surface area contributed by atoms with Crippen LogP contribution in [-0.4, -0.2) is 24.2 Å². The zero-order valence-corrected chi connectivity index (χ0v) is 9.85. The fraction of sp³-hybridized carbons (Fsp3) is 0.636. The molecule has 0 aromatic carbocycles. The van der Waals surface area contributed by atoms with Crippen LogP contribution < -0.4 is 5.32 Å². The van der Waals surface area contributed by atoms with Crippen molar-refractivity contribution in [3.05, 3.63) is 24.0 Å². The van der Waals surface area contributed by atoms with Crippen molar-refractivity contribution in [3.8, 4) is 0 Å². The van der Waals surface area contributed by atoms with Crippen LogP contribution in [0.1, 0.15) is 31.6 Å². The lowest BCUT2D eigenvalue weighted by atomic mass is 10.2. The van der Waals surface area contributed by atoms with Crippen LogP contribution in [0.4, 0.5) is 0 Å². The lowest BCUT2D eigenvalue weighted by Gasteiger charge is -2.15. The summed E-state index contributed by atoms with van der Waals surface area (Å²) in [4.78, 5) is 3.17. The number of aromatic nitrogens is 1. The molecule has 0 bridgehead atoms. The summed E-state index contributed by atoms with van der Waals surface area (Å²) in [5.74, 6) is 0. The average molecular weight is 231 g/mol. The maximum atomic E-state index is 5.78. The van der Waals surface area contributed by atoms with Crippen LogP contribution in [0.15, 0.2) is 18.3 Å². The first-order valence-electron chi connectivity index (χ1n) is 5.34. The van der Waals surface area contributed by atoms with Gasteiger partial charge in [0.25, 0.3) is 0 Å². The minimum absolute atomic E-state index is 0. The summed E-state index contributed by atoms with van der Waals surface area (Å²) in [5.41, 5.74) is 1.16. The summed E-state index contributed by atoms with van der Waals surface area (Å²) in [6.45, 7) is 4.05. The molecule has 1 aliphatic heterocycles. The molecule has 0 aliphatic carbocycles. The summed E-state index contributed by atoms with van der Waals surface area (Å²) in [5, 5.41) is 3.42. The van der Waals surface area contributed by atoms with Crippen LogP contribution in [0, 0.1) is 0 Å². The molecule has 3 nitrogen and oxygen atoms in total. The van der Waals surface area contributed by atoms with E-state index in [4.69, 9.17) is 4.74 Å². The number of H-pyrrole nitrogens is 1. The Bertz CT molecular complexity index is 258. The second-order valence-electron chi connectivity index (χ2n) is 3.89. The first-order chi connectivity index (χ1) is 6.86. The molecule has 1 fully saturated rings. The summed E-state index contributed by atoms with van der Waals surface area (Å²) in [7, 11) is 0. The Labute approximate surface area is 97.0 Å². The van der Waals surface area contributed by atoms with Crippen molar-refractivity contribution < 1.29 is 4.74 Å². The van der Waals surface area contributed by atoms with E-state index in [0.29, 0.717) is 6.04 Å². The van der Waals surface area contributed by atoms with Crippen molar-refractivity contribution in [1.29, 1.82) is 0 Å². The van der Waals surface area contributed by atoms with E-state index in [1.807, 2.05) is 12.3 Å². The molecule has 1 aromatic rings. The third kappa shape index (κ3) is 3.52. The van der Waals surface area contributed by atoms with Crippen molar-refractivity contribution in [1.82, 2.24) is 10.3 Å². The number of nitrogens with one attached hydrogen (secondary N) is 2. The summed E-state index contributed by atoms with van der Waals surface area (Å²) in [6, 6.07) is 4.63. The zero-order valence-electron chi connectivity index (χ0n) is 9.03. The van der Waals surface area contributed by atoms with E-state index >= 15 is 0 Å². The largest absolute Gasteiger partial charge is 0.371 e. The van der Waals surface area contributed by atoms with Gasteiger partial charge in [-0.3, -0.25) is 0 Å². The predicted molar refractivity (Wildman–Crippen MR) is 63.4 cm³/mol. The number of rotatable bonds is 4. The van der Waals surface area contributed by atoms with Crippen molar-refractivity contribution in [2.24, 2.45) is 0 Å². The van der Waals surface area contributed by atoms with Gasteiger partial charge in [-0.25, -0.2) is 0 Å². The first-order valence-corrected chi connectivity index (χ1v) is 5.34. The molecule has 2 atom stereocenters. The Morgan fingerprint density at radius 1 is 1.60 bits per heavy atom. The van der Waals surface area contributed by atoms with Crippen LogP contribution in [0.2, 0.25) is 0 Å². The molecule has 86 valence electrons. The van der Waals surface area contributed by atoms with Gasteiger partial charge in [-0.15, -0.1) is 12.4 Å². The highest BCUT2D eigenvalue weighted by Gasteiger charge is 2.15. The van der Waals surface area contributed by atoms with Gasteiger partial charge in [-0.1, -0.05) is 0 Å². The summed E-state index contributed by atoms with van der Waals surface area (Å²) in [6.07, 6.45) is 4.64. The second-order valence-corrected chi connectivity index (χ2v) is 3.89. The topological polar surface area (TPSA) is 37.0 Å². The number of hydrogen-bond donors (Lipinski definition) is 2. The van der Waals surface area contributed by atoms with Gasteiger partial charge in [-0.2, -0.15) is 0 Å². The van der Waals surface area contributed by atoms with E-state index in [1.54, 1.807) is 0 Å². The Morgan fingerprint density at radius 3 is 3.07 bits per heavy atom. The molecule has 0 amide bonds. The molecule has 0 radical (unpaired) electrons. The quantitative estimate of drug-likeness (QED) is 0.833. The molecule has 1 aliphatic rings. The fourth-order valence-corrected chi connectivity index (χ4v) is 1.85. The van der Waals surface area contributed by atoms with Crippen LogP contribution in [-0.2, 0) is 4.74 Å². The predicted octanol–water partition coefficient (Wildman–Crippen LogP) is 2.27. The van der Waals surface area contributed by atoms with Gasteiger partial charge in [0.05, 0.1) is 12.7 Å². The van der Waals surface area contributed by atoms with Gasteiger partial charge in [0.1, 0.15) is 0 Å². The standard InChI is InChI=1S/C11H18N2O.ClH/c1-9(11-5-3-7-13-11)14-8-10-4-2-6-12-10;/h3,5,7,9-10,12-13H,2,4,6,8H2,1H3;1H. The smallest absolute Gasteiger partial charge is 0.0945 e. The highest BCUT2D eigenvalue weighted by molar-refractivity contribution is 5.85. The second kappa shape index (κ2) is 6.16. The molecule has 2 N–H and O–H groups in total. The van der Waals surface area contributed by atoms with Crippen molar-refractivity contribution >= 4 is 12.4 Å². The van der Waals surface area contributed by atoms with Crippen molar-refractivity contribution in [2.75, 3.05) is 13.2 Å². The van der Waals surface area contributed by atoms with E-state index in [9.17, 15) is 0 Å². The molecular weight excluding hydrogens is 212 g/mol. The molecule has 2 heterocycles. The SMILES string of the molecule is CC(OCC1CCCN1)c1ccc[nH]1.Cl. The van der Waals surface area contributed by atoms with E-state index < -0.39 is 0 Å². The van der Waals surface area contributed by atoms with Crippen molar-refractivity contribution in [3.63, 3.8) is 0 Å². The van der Waals surface area contributed by atoms with Crippen LogP contribution >= 0.6 is 12.4 Å². The number of ether oxygens (including phenoxy) is 1. The Morgan fingerprint density at radius 2 is 2.47 bits per heavy atom. The van der Waals surface area contributed by atoms with Gasteiger partial charge in [0.15, 0.2) is 0 Å². The summed E-state index contributed by atoms with van der Waals surface area (Å²) < 4.78 is 5.78. The molecule has 15 heavy (non-hydrogen) atoms. The van der Waals surface area contributed by atoms with Gasteiger partial charge in [-0.05, 0) is 38.4 Å². The third-order valence-corrected chi connectivity index (χ3v) is 2.77. The van der Waals surface area contributed by atoms with E-state index in [-0.39, 0.29) is 18.5 Å². The van der Waals surface area contributed by atoms with Gasteiger partial charge in [0.2, 0.25) is 0 Å². The molecule has 0 spiro atoms. The van der Waals surface area contributed by atoms with Crippen LogP contribution in [0.5, 0.6) is 0 Å². The van der Waals surface area contributed by atoms with Gasteiger partial charge in [0, 0.05) is 17.9 Å². The lowest BCUT2D eigenvalue weighted by Crippen LogP contribution is -2.27. The maximum Gasteiger partial charge on any atom is 0.0945 e. The minimum atomic E-state index is 0. The maximum absolute atomic E-state index is 5.78. The normalized spacial score (nSPS) is 22.3. The van der Waals surface area contributed by atoms with E-state index in [0.717, 1.165) is 18.8 Å². The first kappa shape index (κ1) is 12.6. The zero-order chi connectivity index (χ0) is 9.80. The number of halogens is 1. The molecule has 2 rings (SSSR count). The van der Waals surface area contributed by atoms with Crippen molar-refractivity contribution in [2.45, 2.75) is 31.9 Å². The highest BCUT2D eigenvalue weighted by Crippen LogP contribution is 2.15.